The van der Waals surface area contributed by atoms with Crippen LogP contribution in [0.1, 0.15) is 12.7 Å². The van der Waals surface area contributed by atoms with E-state index in [1.807, 2.05) is 18.5 Å². The Morgan fingerprint density at radius 2 is 1.09 bits per heavy atom. The minimum atomic E-state index is 0.709. The van der Waals surface area contributed by atoms with E-state index >= 15 is 0 Å². The molecule has 0 aliphatic carbocycles. The van der Waals surface area contributed by atoms with Gasteiger partial charge in [0.15, 0.2) is 5.82 Å². The summed E-state index contributed by atoms with van der Waals surface area (Å²) in [6.07, 6.45) is 4.68. The third-order valence-electron chi connectivity index (χ3n) is 9.53. The smallest absolute Gasteiger partial charge is 0.159 e. The van der Waals surface area contributed by atoms with Crippen LogP contribution in [-0.2, 0) is 6.42 Å². The van der Waals surface area contributed by atoms with Crippen LogP contribution in [0.15, 0.2) is 128 Å². The molecule has 45 heavy (non-hydrogen) atoms. The van der Waals surface area contributed by atoms with Gasteiger partial charge in [-0.2, -0.15) is 0 Å². The van der Waals surface area contributed by atoms with Crippen LogP contribution >= 0.6 is 0 Å². The molecule has 0 saturated carbocycles. The first-order valence-corrected chi connectivity index (χ1v) is 15.5. The SMILES string of the molecule is CCc1nc2ccccc2n1-c1cnc(-c2cc3ccc4cccc5c6cccc7ccc8cccc(c(c2)c3c45)c8c76)nc1. The second-order valence-electron chi connectivity index (χ2n) is 11.9. The third kappa shape index (κ3) is 3.39. The standard InChI is InChI=1S/C41H26N4/c1-2-36-44-34-14-3-4-15-35(34)45(36)29-22-42-41(43-23-29)28-20-27-19-18-26-9-6-12-31-30-11-5-8-24-16-17-25-10-7-13-32(39(25)37(24)30)33(21-28)40(27)38(26)31/h3-23H,2H2,1H3. The molecule has 4 nitrogen and oxygen atoms in total. The molecule has 4 heteroatoms. The fourth-order valence-electron chi connectivity index (χ4n) is 7.60. The Balaban J connectivity index is 1.30. The molecule has 2 aromatic heterocycles. The van der Waals surface area contributed by atoms with E-state index in [1.165, 1.54) is 64.6 Å². The van der Waals surface area contributed by atoms with Crippen molar-refractivity contribution in [2.75, 3.05) is 0 Å². The molecule has 8 aromatic carbocycles. The van der Waals surface area contributed by atoms with Gasteiger partial charge >= 0.3 is 0 Å². The van der Waals surface area contributed by atoms with Crippen molar-refractivity contribution in [2.45, 2.75) is 13.3 Å². The molecule has 0 aliphatic heterocycles. The highest BCUT2D eigenvalue weighted by molar-refractivity contribution is 6.37. The lowest BCUT2D eigenvalue weighted by molar-refractivity contribution is 0.897. The molecule has 0 bridgehead atoms. The van der Waals surface area contributed by atoms with E-state index in [9.17, 15) is 0 Å². The summed E-state index contributed by atoms with van der Waals surface area (Å²) in [7, 11) is 0. The Bertz CT molecular complexity index is 2780. The normalized spacial score (nSPS) is 12.2. The number of aromatic nitrogens is 4. The summed E-state index contributed by atoms with van der Waals surface area (Å²) in [5.74, 6) is 1.71. The Kier molecular flexibility index (Phi) is 4.95. The highest BCUT2D eigenvalue weighted by Crippen LogP contribution is 2.44. The molecular weight excluding hydrogens is 548 g/mol. The van der Waals surface area contributed by atoms with E-state index < -0.39 is 0 Å². The van der Waals surface area contributed by atoms with Crippen molar-refractivity contribution in [3.05, 3.63) is 133 Å². The number of hydrogen-bond donors (Lipinski definition) is 0. The van der Waals surface area contributed by atoms with Gasteiger partial charge in [-0.3, -0.25) is 4.57 Å². The number of imidazole rings is 1. The van der Waals surface area contributed by atoms with Crippen LogP contribution in [0.25, 0.3) is 92.7 Å². The molecular formula is C41H26N4. The van der Waals surface area contributed by atoms with Crippen molar-refractivity contribution in [1.82, 2.24) is 19.5 Å². The maximum absolute atomic E-state index is 4.95. The average Bonchev–Trinajstić information content (AvgIpc) is 3.48. The molecule has 10 aromatic rings. The predicted molar refractivity (Wildman–Crippen MR) is 188 cm³/mol. The average molecular weight is 575 g/mol. The van der Waals surface area contributed by atoms with Gasteiger partial charge in [-0.15, -0.1) is 0 Å². The summed E-state index contributed by atoms with van der Waals surface area (Å²) in [6.45, 7) is 2.13. The van der Waals surface area contributed by atoms with Gasteiger partial charge in [0, 0.05) is 12.0 Å². The number of hydrogen-bond acceptors (Lipinski definition) is 3. The molecule has 210 valence electrons. The molecule has 0 N–H and O–H groups in total. The molecule has 0 aliphatic rings. The van der Waals surface area contributed by atoms with E-state index in [1.54, 1.807) is 0 Å². The van der Waals surface area contributed by atoms with E-state index in [0.717, 1.165) is 34.5 Å². The van der Waals surface area contributed by atoms with Crippen molar-refractivity contribution in [2.24, 2.45) is 0 Å². The summed E-state index contributed by atoms with van der Waals surface area (Å²) in [6, 6.07) is 41.9. The van der Waals surface area contributed by atoms with E-state index in [2.05, 4.69) is 121 Å². The van der Waals surface area contributed by atoms with E-state index in [4.69, 9.17) is 15.0 Å². The fraction of sp³-hybridized carbons (Fsp3) is 0.0488. The maximum atomic E-state index is 4.95. The molecule has 0 fully saturated rings. The van der Waals surface area contributed by atoms with Gasteiger partial charge in [-0.05, 0) is 88.9 Å². The minimum absolute atomic E-state index is 0.709. The number of para-hydroxylation sites is 2. The van der Waals surface area contributed by atoms with Crippen LogP contribution in [0.5, 0.6) is 0 Å². The van der Waals surface area contributed by atoms with Crippen molar-refractivity contribution in [3.8, 4) is 17.1 Å². The summed E-state index contributed by atoms with van der Waals surface area (Å²) in [5.41, 5.74) is 3.98. The van der Waals surface area contributed by atoms with Gasteiger partial charge in [-0.25, -0.2) is 15.0 Å². The fourth-order valence-corrected chi connectivity index (χ4v) is 7.60. The zero-order valence-corrected chi connectivity index (χ0v) is 24.6. The zero-order chi connectivity index (χ0) is 29.6. The lowest BCUT2D eigenvalue weighted by Gasteiger charge is -2.16. The van der Waals surface area contributed by atoms with Gasteiger partial charge in [-0.1, -0.05) is 97.9 Å². The molecule has 0 saturated heterocycles. The Morgan fingerprint density at radius 1 is 0.533 bits per heavy atom. The topological polar surface area (TPSA) is 43.6 Å². The van der Waals surface area contributed by atoms with Crippen molar-refractivity contribution in [1.29, 1.82) is 0 Å². The number of nitrogens with zero attached hydrogens (tertiary/aromatic N) is 4. The molecule has 0 atom stereocenters. The largest absolute Gasteiger partial charge is 0.293 e. The quantitative estimate of drug-likeness (QED) is 0.197. The van der Waals surface area contributed by atoms with Crippen LogP contribution in [0, 0.1) is 0 Å². The molecule has 0 amide bonds. The first kappa shape index (κ1) is 24.6. The minimum Gasteiger partial charge on any atom is -0.293 e. The highest BCUT2D eigenvalue weighted by Gasteiger charge is 2.17. The monoisotopic (exact) mass is 574 g/mol. The number of benzene rings is 7. The van der Waals surface area contributed by atoms with Gasteiger partial charge in [0.1, 0.15) is 5.82 Å². The first-order chi connectivity index (χ1) is 22.3. The van der Waals surface area contributed by atoms with Crippen LogP contribution < -0.4 is 0 Å². The lowest BCUT2D eigenvalue weighted by atomic mass is 9.87. The van der Waals surface area contributed by atoms with Crippen LogP contribution in [0.2, 0.25) is 0 Å². The first-order valence-electron chi connectivity index (χ1n) is 15.5. The summed E-state index contributed by atoms with van der Waals surface area (Å²) < 4.78 is 2.17. The number of aryl methyl sites for hydroxylation is 1. The Labute approximate surface area is 258 Å². The molecule has 0 radical (unpaired) electrons. The van der Waals surface area contributed by atoms with Gasteiger partial charge in [0.05, 0.1) is 29.1 Å². The highest BCUT2D eigenvalue weighted by atomic mass is 15.1. The van der Waals surface area contributed by atoms with Crippen LogP contribution in [-0.4, -0.2) is 19.5 Å². The number of fused-ring (bicyclic) bond motifs is 3. The zero-order valence-electron chi connectivity index (χ0n) is 24.6. The van der Waals surface area contributed by atoms with Gasteiger partial charge in [0.25, 0.3) is 0 Å². The van der Waals surface area contributed by atoms with Crippen molar-refractivity contribution < 1.29 is 0 Å². The maximum Gasteiger partial charge on any atom is 0.159 e. The summed E-state index contributed by atoms with van der Waals surface area (Å²) >= 11 is 0. The third-order valence-corrected chi connectivity index (χ3v) is 9.53. The second-order valence-corrected chi connectivity index (χ2v) is 11.9. The van der Waals surface area contributed by atoms with Crippen molar-refractivity contribution in [3.63, 3.8) is 0 Å². The van der Waals surface area contributed by atoms with E-state index in [-0.39, 0.29) is 0 Å². The predicted octanol–water partition coefficient (Wildman–Crippen LogP) is 10.4. The lowest BCUT2D eigenvalue weighted by Crippen LogP contribution is -2.02. The second kappa shape index (κ2) is 9.07. The van der Waals surface area contributed by atoms with Crippen LogP contribution in [0.3, 0.4) is 0 Å². The molecule has 10 rings (SSSR count). The van der Waals surface area contributed by atoms with Gasteiger partial charge in [0.2, 0.25) is 0 Å². The number of rotatable bonds is 3. The van der Waals surface area contributed by atoms with Gasteiger partial charge < -0.3 is 0 Å². The summed E-state index contributed by atoms with van der Waals surface area (Å²) in [5, 5.41) is 15.2. The molecule has 2 heterocycles. The van der Waals surface area contributed by atoms with Crippen LogP contribution in [0.4, 0.5) is 0 Å². The molecule has 0 spiro atoms. The Hall–Kier alpha value is -5.87. The summed E-state index contributed by atoms with van der Waals surface area (Å²) in [4.78, 5) is 14.8. The van der Waals surface area contributed by atoms with Crippen molar-refractivity contribution >= 4 is 75.7 Å². The Morgan fingerprint density at radius 3 is 1.71 bits per heavy atom. The molecule has 0 unspecified atom stereocenters. The van der Waals surface area contributed by atoms with E-state index in [0.29, 0.717) is 5.82 Å².